The van der Waals surface area contributed by atoms with Gasteiger partial charge in [0.2, 0.25) is 0 Å². The lowest BCUT2D eigenvalue weighted by Gasteiger charge is -2.30. The van der Waals surface area contributed by atoms with Gasteiger partial charge in [-0.1, -0.05) is 18.0 Å². The largest absolute Gasteiger partial charge is 0.497 e. The van der Waals surface area contributed by atoms with Crippen molar-refractivity contribution >= 4 is 17.3 Å². The molecule has 0 aliphatic carbocycles. The van der Waals surface area contributed by atoms with Gasteiger partial charge in [0, 0.05) is 25.7 Å². The topological polar surface area (TPSA) is 24.5 Å². The molecule has 100 valence electrons. The van der Waals surface area contributed by atoms with Crippen LogP contribution in [0.25, 0.3) is 0 Å². The van der Waals surface area contributed by atoms with E-state index in [1.807, 2.05) is 18.2 Å². The lowest BCUT2D eigenvalue weighted by Crippen LogP contribution is -2.42. The zero-order valence-electron chi connectivity index (χ0n) is 11.1. The lowest BCUT2D eigenvalue weighted by molar-refractivity contribution is 0.403. The third-order valence-electron chi connectivity index (χ3n) is 3.47. The number of hydrogen-bond acceptors (Lipinski definition) is 3. The van der Waals surface area contributed by atoms with E-state index in [4.69, 9.17) is 16.3 Å². The first kappa shape index (κ1) is 13.5. The number of piperidine rings is 1. The summed E-state index contributed by atoms with van der Waals surface area (Å²) < 4.78 is 5.16. The molecule has 1 aromatic carbocycles. The van der Waals surface area contributed by atoms with E-state index in [1.54, 1.807) is 7.11 Å². The molecule has 1 aromatic rings. The van der Waals surface area contributed by atoms with Crippen molar-refractivity contribution in [1.29, 1.82) is 0 Å². The maximum atomic E-state index is 6.28. The quantitative estimate of drug-likeness (QED) is 0.909. The standard InChI is InChI=1S/C14H21ClN2O/c1-17(10-11-5-3-4-8-16-11)14-7-6-12(18-2)9-13(14)15/h6-7,9,11,16H,3-5,8,10H2,1-2H3. The van der Waals surface area contributed by atoms with Crippen LogP contribution in [0.1, 0.15) is 19.3 Å². The molecule has 1 atom stereocenters. The molecular formula is C14H21ClN2O. The molecule has 18 heavy (non-hydrogen) atoms. The summed E-state index contributed by atoms with van der Waals surface area (Å²) in [5.74, 6) is 0.799. The Morgan fingerprint density at radius 1 is 1.44 bits per heavy atom. The van der Waals surface area contributed by atoms with E-state index >= 15 is 0 Å². The molecule has 1 N–H and O–H groups in total. The number of halogens is 1. The van der Waals surface area contributed by atoms with Crippen LogP contribution in [0.5, 0.6) is 5.75 Å². The Morgan fingerprint density at radius 3 is 2.89 bits per heavy atom. The Bertz CT molecular complexity index is 391. The molecule has 1 aliphatic heterocycles. The Morgan fingerprint density at radius 2 is 2.28 bits per heavy atom. The second kappa shape index (κ2) is 6.30. The number of anilines is 1. The first-order valence-electron chi connectivity index (χ1n) is 6.49. The van der Waals surface area contributed by atoms with E-state index in [2.05, 4.69) is 17.3 Å². The average molecular weight is 269 g/mol. The molecule has 2 rings (SSSR count). The van der Waals surface area contributed by atoms with Crippen molar-refractivity contribution in [2.75, 3.05) is 32.1 Å². The highest BCUT2D eigenvalue weighted by Crippen LogP contribution is 2.29. The smallest absolute Gasteiger partial charge is 0.120 e. The number of ether oxygens (including phenoxy) is 1. The van der Waals surface area contributed by atoms with E-state index in [-0.39, 0.29) is 0 Å². The SMILES string of the molecule is COc1ccc(N(C)CC2CCCCN2)c(Cl)c1. The van der Waals surface area contributed by atoms with Crippen molar-refractivity contribution in [1.82, 2.24) is 5.32 Å². The van der Waals surface area contributed by atoms with E-state index in [9.17, 15) is 0 Å². The third-order valence-corrected chi connectivity index (χ3v) is 3.78. The van der Waals surface area contributed by atoms with Gasteiger partial charge in [-0.3, -0.25) is 0 Å². The highest BCUT2D eigenvalue weighted by Gasteiger charge is 2.16. The van der Waals surface area contributed by atoms with Gasteiger partial charge in [-0.15, -0.1) is 0 Å². The van der Waals surface area contributed by atoms with E-state index in [1.165, 1.54) is 19.3 Å². The van der Waals surface area contributed by atoms with Gasteiger partial charge in [0.25, 0.3) is 0 Å². The van der Waals surface area contributed by atoms with Crippen LogP contribution in [0, 0.1) is 0 Å². The second-order valence-electron chi connectivity index (χ2n) is 4.84. The van der Waals surface area contributed by atoms with Crippen molar-refractivity contribution in [3.63, 3.8) is 0 Å². The molecule has 0 radical (unpaired) electrons. The van der Waals surface area contributed by atoms with Crippen LogP contribution >= 0.6 is 11.6 Å². The predicted octanol–water partition coefficient (Wildman–Crippen LogP) is 2.93. The summed E-state index contributed by atoms with van der Waals surface area (Å²) in [6.07, 6.45) is 3.86. The van der Waals surface area contributed by atoms with Crippen LogP contribution in [-0.2, 0) is 0 Å². The monoisotopic (exact) mass is 268 g/mol. The predicted molar refractivity (Wildman–Crippen MR) is 76.9 cm³/mol. The van der Waals surface area contributed by atoms with Gasteiger partial charge in [-0.25, -0.2) is 0 Å². The minimum atomic E-state index is 0.571. The second-order valence-corrected chi connectivity index (χ2v) is 5.25. The zero-order chi connectivity index (χ0) is 13.0. The van der Waals surface area contributed by atoms with E-state index in [0.717, 1.165) is 29.5 Å². The van der Waals surface area contributed by atoms with E-state index < -0.39 is 0 Å². The Hall–Kier alpha value is -0.930. The van der Waals surface area contributed by atoms with Crippen molar-refractivity contribution in [3.8, 4) is 5.75 Å². The zero-order valence-corrected chi connectivity index (χ0v) is 11.8. The molecule has 1 aliphatic rings. The molecule has 3 nitrogen and oxygen atoms in total. The summed E-state index contributed by atoms with van der Waals surface area (Å²) in [5.41, 5.74) is 1.06. The molecule has 1 heterocycles. The van der Waals surface area contributed by atoms with Crippen LogP contribution in [0.3, 0.4) is 0 Å². The van der Waals surface area contributed by atoms with Crippen LogP contribution < -0.4 is 15.0 Å². The highest BCUT2D eigenvalue weighted by atomic mass is 35.5. The highest BCUT2D eigenvalue weighted by molar-refractivity contribution is 6.33. The fraction of sp³-hybridized carbons (Fsp3) is 0.571. The summed E-state index contributed by atoms with van der Waals surface area (Å²) in [5, 5.41) is 4.30. The van der Waals surface area contributed by atoms with Crippen molar-refractivity contribution in [2.45, 2.75) is 25.3 Å². The Labute approximate surface area is 114 Å². The van der Waals surface area contributed by atoms with Gasteiger partial charge in [-0.05, 0) is 31.5 Å². The normalized spacial score (nSPS) is 19.6. The fourth-order valence-electron chi connectivity index (χ4n) is 2.43. The van der Waals surface area contributed by atoms with Crippen LogP contribution in [-0.4, -0.2) is 33.3 Å². The van der Waals surface area contributed by atoms with Gasteiger partial charge in [0.15, 0.2) is 0 Å². The fourth-order valence-corrected chi connectivity index (χ4v) is 2.75. The van der Waals surface area contributed by atoms with Gasteiger partial charge in [0.05, 0.1) is 17.8 Å². The Kier molecular flexibility index (Phi) is 4.72. The number of benzene rings is 1. The average Bonchev–Trinajstić information content (AvgIpc) is 2.39. The van der Waals surface area contributed by atoms with Crippen molar-refractivity contribution < 1.29 is 4.74 Å². The van der Waals surface area contributed by atoms with Crippen LogP contribution in [0.2, 0.25) is 5.02 Å². The number of methoxy groups -OCH3 is 1. The molecule has 0 bridgehead atoms. The molecule has 0 saturated carbocycles. The lowest BCUT2D eigenvalue weighted by atomic mass is 10.0. The molecule has 1 unspecified atom stereocenters. The molecule has 0 aromatic heterocycles. The first-order chi connectivity index (χ1) is 8.70. The minimum absolute atomic E-state index is 0.571. The number of nitrogens with one attached hydrogen (secondary N) is 1. The minimum Gasteiger partial charge on any atom is -0.497 e. The van der Waals surface area contributed by atoms with Crippen molar-refractivity contribution in [2.24, 2.45) is 0 Å². The maximum absolute atomic E-state index is 6.28. The number of rotatable bonds is 4. The van der Waals surface area contributed by atoms with E-state index in [0.29, 0.717) is 6.04 Å². The molecule has 0 spiro atoms. The summed E-state index contributed by atoms with van der Waals surface area (Å²) in [7, 11) is 3.74. The van der Waals surface area contributed by atoms with Crippen LogP contribution in [0.15, 0.2) is 18.2 Å². The number of likely N-dealkylation sites (N-methyl/N-ethyl adjacent to an activating group) is 1. The van der Waals surface area contributed by atoms with Gasteiger partial charge in [-0.2, -0.15) is 0 Å². The molecular weight excluding hydrogens is 248 g/mol. The molecule has 4 heteroatoms. The van der Waals surface area contributed by atoms with Crippen LogP contribution in [0.4, 0.5) is 5.69 Å². The summed E-state index contributed by atoms with van der Waals surface area (Å²) in [6.45, 7) is 2.13. The van der Waals surface area contributed by atoms with Crippen molar-refractivity contribution in [3.05, 3.63) is 23.2 Å². The summed E-state index contributed by atoms with van der Waals surface area (Å²) >= 11 is 6.28. The first-order valence-corrected chi connectivity index (χ1v) is 6.86. The molecule has 0 amide bonds. The summed E-state index contributed by atoms with van der Waals surface area (Å²) in [4.78, 5) is 2.21. The number of nitrogens with zero attached hydrogens (tertiary/aromatic N) is 1. The molecule has 1 saturated heterocycles. The third kappa shape index (κ3) is 3.30. The summed E-state index contributed by atoms with van der Waals surface area (Å²) in [6, 6.07) is 6.40. The van der Waals surface area contributed by atoms with Gasteiger partial charge in [0.1, 0.15) is 5.75 Å². The number of hydrogen-bond donors (Lipinski definition) is 1. The molecule has 1 fully saturated rings. The van der Waals surface area contributed by atoms with Gasteiger partial charge >= 0.3 is 0 Å². The van der Waals surface area contributed by atoms with Gasteiger partial charge < -0.3 is 15.0 Å². The Balaban J connectivity index is 2.01. The maximum Gasteiger partial charge on any atom is 0.120 e.